The van der Waals surface area contributed by atoms with Crippen LogP contribution in [0.5, 0.6) is 5.75 Å². The number of nitrogens with one attached hydrogen (secondary N) is 1. The molecule has 0 unspecified atom stereocenters. The molecular weight excluding hydrogens is 364 g/mol. The molecule has 0 radical (unpaired) electrons. The van der Waals surface area contributed by atoms with Crippen molar-refractivity contribution in [3.8, 4) is 5.75 Å². The molecule has 7 heteroatoms. The molecule has 27 heavy (non-hydrogen) atoms. The maximum absolute atomic E-state index is 12.2. The van der Waals surface area contributed by atoms with Gasteiger partial charge in [0, 0.05) is 12.2 Å². The number of carbonyl (C=O) groups excluding carboxylic acids is 1. The smallest absolute Gasteiger partial charge is 0.239 e. The van der Waals surface area contributed by atoms with Crippen LogP contribution >= 0.6 is 0 Å². The first-order valence-corrected chi connectivity index (χ1v) is 10.6. The van der Waals surface area contributed by atoms with Crippen molar-refractivity contribution < 1.29 is 17.9 Å². The Morgan fingerprint density at radius 1 is 1.07 bits per heavy atom. The van der Waals surface area contributed by atoms with Gasteiger partial charge >= 0.3 is 0 Å². The minimum absolute atomic E-state index is 0.133. The quantitative estimate of drug-likeness (QED) is 0.714. The summed E-state index contributed by atoms with van der Waals surface area (Å²) in [5.41, 5.74) is 1.66. The molecule has 0 aliphatic rings. The van der Waals surface area contributed by atoms with E-state index in [1.54, 1.807) is 24.3 Å². The van der Waals surface area contributed by atoms with E-state index < -0.39 is 10.0 Å². The Bertz CT molecular complexity index is 834. The fourth-order valence-electron chi connectivity index (χ4n) is 2.46. The second-order valence-corrected chi connectivity index (χ2v) is 8.78. The van der Waals surface area contributed by atoms with Crippen molar-refractivity contribution in [3.05, 3.63) is 60.2 Å². The molecule has 2 rings (SSSR count). The van der Waals surface area contributed by atoms with E-state index in [4.69, 9.17) is 4.74 Å². The zero-order valence-corrected chi connectivity index (χ0v) is 16.7. The van der Waals surface area contributed by atoms with Gasteiger partial charge in [-0.25, -0.2) is 8.42 Å². The predicted molar refractivity (Wildman–Crippen MR) is 107 cm³/mol. The summed E-state index contributed by atoms with van der Waals surface area (Å²) in [6.45, 7) is 4.38. The fraction of sp³-hybridized carbons (Fsp3) is 0.350. The Labute approximate surface area is 161 Å². The molecule has 0 aliphatic carbocycles. The molecule has 0 fully saturated rings. The number of amides is 1. The minimum atomic E-state index is -3.44. The average molecular weight is 391 g/mol. The van der Waals surface area contributed by atoms with E-state index >= 15 is 0 Å². The summed E-state index contributed by atoms with van der Waals surface area (Å²) in [6.07, 6.45) is 1.11. The molecule has 146 valence electrons. The summed E-state index contributed by atoms with van der Waals surface area (Å²) in [7, 11) is -3.44. The fourth-order valence-corrected chi connectivity index (χ4v) is 3.38. The molecule has 0 aromatic heterocycles. The lowest BCUT2D eigenvalue weighted by atomic mass is 10.2. The van der Waals surface area contributed by atoms with Crippen molar-refractivity contribution in [3.63, 3.8) is 0 Å². The summed E-state index contributed by atoms with van der Waals surface area (Å²) >= 11 is 0. The Morgan fingerprint density at radius 3 is 2.26 bits per heavy atom. The highest BCUT2D eigenvalue weighted by atomic mass is 32.2. The van der Waals surface area contributed by atoms with Crippen LogP contribution in [-0.2, 0) is 21.4 Å². The van der Waals surface area contributed by atoms with Gasteiger partial charge in [-0.3, -0.25) is 4.79 Å². The van der Waals surface area contributed by atoms with E-state index in [1.165, 1.54) is 4.31 Å². The van der Waals surface area contributed by atoms with Gasteiger partial charge in [0.1, 0.15) is 12.4 Å². The van der Waals surface area contributed by atoms with Crippen LogP contribution in [-0.4, -0.2) is 38.0 Å². The molecule has 1 N–H and O–H groups in total. The number of hydrogen-bond acceptors (Lipinski definition) is 4. The highest BCUT2D eigenvalue weighted by molar-refractivity contribution is 7.88. The predicted octanol–water partition coefficient (Wildman–Crippen LogP) is 3.12. The molecule has 2 aromatic carbocycles. The largest absolute Gasteiger partial charge is 0.489 e. The van der Waals surface area contributed by atoms with Gasteiger partial charge in [-0.05, 0) is 35.7 Å². The average Bonchev–Trinajstić information content (AvgIpc) is 2.60. The summed E-state index contributed by atoms with van der Waals surface area (Å²) in [5, 5.41) is 2.72. The summed E-state index contributed by atoms with van der Waals surface area (Å²) in [5.74, 6) is 0.446. The molecule has 0 saturated carbocycles. The molecule has 0 spiro atoms. The van der Waals surface area contributed by atoms with Crippen LogP contribution in [0.3, 0.4) is 0 Å². The van der Waals surface area contributed by atoms with Gasteiger partial charge in [0.25, 0.3) is 0 Å². The van der Waals surface area contributed by atoms with E-state index in [0.717, 1.165) is 11.8 Å². The first-order chi connectivity index (χ1) is 12.7. The highest BCUT2D eigenvalue weighted by Gasteiger charge is 2.21. The topological polar surface area (TPSA) is 75.7 Å². The number of anilines is 1. The normalized spacial score (nSPS) is 11.6. The third-order valence-electron chi connectivity index (χ3n) is 3.74. The van der Waals surface area contributed by atoms with Crippen molar-refractivity contribution >= 4 is 21.6 Å². The van der Waals surface area contributed by atoms with Gasteiger partial charge in [-0.15, -0.1) is 0 Å². The third-order valence-corrected chi connectivity index (χ3v) is 4.96. The number of ether oxygens (including phenoxy) is 1. The SMILES string of the molecule is CC(C)CN(CC(=O)Nc1ccc(OCc2ccccc2)cc1)S(C)(=O)=O. The van der Waals surface area contributed by atoms with Crippen LogP contribution in [0.25, 0.3) is 0 Å². The van der Waals surface area contributed by atoms with Crippen molar-refractivity contribution in [1.29, 1.82) is 0 Å². The Morgan fingerprint density at radius 2 is 1.70 bits per heavy atom. The molecule has 0 heterocycles. The van der Waals surface area contributed by atoms with Crippen molar-refractivity contribution in [1.82, 2.24) is 4.31 Å². The molecule has 1 amide bonds. The molecule has 6 nitrogen and oxygen atoms in total. The Hall–Kier alpha value is -2.38. The lowest BCUT2D eigenvalue weighted by Gasteiger charge is -2.21. The second-order valence-electron chi connectivity index (χ2n) is 6.80. The lowest BCUT2D eigenvalue weighted by molar-refractivity contribution is -0.116. The van der Waals surface area contributed by atoms with E-state index in [0.29, 0.717) is 24.6 Å². The van der Waals surface area contributed by atoms with Gasteiger partial charge in [-0.1, -0.05) is 44.2 Å². The van der Waals surface area contributed by atoms with Crippen molar-refractivity contribution in [2.24, 2.45) is 5.92 Å². The van der Waals surface area contributed by atoms with Crippen LogP contribution in [0.15, 0.2) is 54.6 Å². The van der Waals surface area contributed by atoms with Gasteiger partial charge < -0.3 is 10.1 Å². The highest BCUT2D eigenvalue weighted by Crippen LogP contribution is 2.17. The van der Waals surface area contributed by atoms with Gasteiger partial charge in [-0.2, -0.15) is 4.31 Å². The van der Waals surface area contributed by atoms with Crippen LogP contribution < -0.4 is 10.1 Å². The third kappa shape index (κ3) is 7.40. The van der Waals surface area contributed by atoms with E-state index in [1.807, 2.05) is 44.2 Å². The van der Waals surface area contributed by atoms with Crippen molar-refractivity contribution in [2.75, 3.05) is 24.7 Å². The summed E-state index contributed by atoms with van der Waals surface area (Å²) in [6, 6.07) is 16.8. The van der Waals surface area contributed by atoms with Crippen LogP contribution in [0, 0.1) is 5.92 Å². The Kier molecular flexibility index (Phi) is 7.38. The zero-order valence-electron chi connectivity index (χ0n) is 15.9. The lowest BCUT2D eigenvalue weighted by Crippen LogP contribution is -2.39. The van der Waals surface area contributed by atoms with Gasteiger partial charge in [0.2, 0.25) is 15.9 Å². The van der Waals surface area contributed by atoms with E-state index in [9.17, 15) is 13.2 Å². The zero-order chi connectivity index (χ0) is 19.9. The van der Waals surface area contributed by atoms with Gasteiger partial charge in [0.05, 0.1) is 12.8 Å². The molecule has 0 saturated heterocycles. The monoisotopic (exact) mass is 390 g/mol. The molecule has 2 aromatic rings. The number of hydrogen-bond donors (Lipinski definition) is 1. The number of carbonyl (C=O) groups is 1. The molecule has 0 aliphatic heterocycles. The van der Waals surface area contributed by atoms with Gasteiger partial charge in [0.15, 0.2) is 0 Å². The van der Waals surface area contributed by atoms with Crippen LogP contribution in [0.2, 0.25) is 0 Å². The molecule has 0 atom stereocenters. The summed E-state index contributed by atoms with van der Waals surface area (Å²) < 4.78 is 30.5. The molecular formula is C20H26N2O4S. The van der Waals surface area contributed by atoms with Crippen molar-refractivity contribution in [2.45, 2.75) is 20.5 Å². The number of benzene rings is 2. The minimum Gasteiger partial charge on any atom is -0.489 e. The van der Waals surface area contributed by atoms with E-state index in [2.05, 4.69) is 5.32 Å². The molecule has 0 bridgehead atoms. The number of nitrogens with zero attached hydrogens (tertiary/aromatic N) is 1. The second kappa shape index (κ2) is 9.53. The van der Waals surface area contributed by atoms with Crippen LogP contribution in [0.4, 0.5) is 5.69 Å². The van der Waals surface area contributed by atoms with Crippen LogP contribution in [0.1, 0.15) is 19.4 Å². The first-order valence-electron chi connectivity index (χ1n) is 8.76. The summed E-state index contributed by atoms with van der Waals surface area (Å²) in [4.78, 5) is 12.2. The Balaban J connectivity index is 1.90. The maximum atomic E-state index is 12.2. The van der Waals surface area contributed by atoms with E-state index in [-0.39, 0.29) is 18.4 Å². The maximum Gasteiger partial charge on any atom is 0.239 e. The first kappa shape index (κ1) is 20.9. The number of rotatable bonds is 9. The number of sulfonamides is 1. The standard InChI is InChI=1S/C20H26N2O4S/c1-16(2)13-22(27(3,24)25)14-20(23)21-18-9-11-19(12-10-18)26-15-17-7-5-4-6-8-17/h4-12,16H,13-15H2,1-3H3,(H,21,23).